The number of ether oxygens (including phenoxy) is 1. The van der Waals surface area contributed by atoms with E-state index < -0.39 is 5.41 Å². The van der Waals surface area contributed by atoms with E-state index >= 15 is 0 Å². The van der Waals surface area contributed by atoms with Crippen LogP contribution in [-0.4, -0.2) is 18.5 Å². The second kappa shape index (κ2) is 6.54. The van der Waals surface area contributed by atoms with Gasteiger partial charge in [0.2, 0.25) is 0 Å². The molecule has 1 aliphatic rings. The Hall–Kier alpha value is -2.14. The number of hydrogen-bond acceptors (Lipinski definition) is 3. The van der Waals surface area contributed by atoms with Crippen LogP contribution in [0.2, 0.25) is 0 Å². The first-order chi connectivity index (χ1) is 11.1. The van der Waals surface area contributed by atoms with Crippen molar-refractivity contribution in [3.8, 4) is 0 Å². The molecule has 118 valence electrons. The number of benzene rings is 2. The van der Waals surface area contributed by atoms with Gasteiger partial charge in [-0.1, -0.05) is 46.3 Å². The molecule has 0 unspecified atom stereocenters. The number of rotatable bonds is 5. The van der Waals surface area contributed by atoms with Crippen LogP contribution in [0.4, 0.5) is 5.69 Å². The third-order valence-corrected chi connectivity index (χ3v) is 4.46. The van der Waals surface area contributed by atoms with Crippen molar-refractivity contribution in [2.45, 2.75) is 18.3 Å². The van der Waals surface area contributed by atoms with E-state index in [0.29, 0.717) is 5.69 Å². The van der Waals surface area contributed by atoms with Crippen molar-refractivity contribution >= 4 is 33.5 Å². The molecular weight excluding hydrogens is 358 g/mol. The minimum atomic E-state index is -0.556. The van der Waals surface area contributed by atoms with Gasteiger partial charge in [0.1, 0.15) is 0 Å². The van der Waals surface area contributed by atoms with Gasteiger partial charge in [-0.05, 0) is 42.7 Å². The van der Waals surface area contributed by atoms with E-state index in [9.17, 15) is 9.59 Å². The molecule has 0 saturated heterocycles. The number of hydrogen-bond donors (Lipinski definition) is 1. The number of carbonyl (C=O) groups is 2. The molecule has 0 radical (unpaired) electrons. The van der Waals surface area contributed by atoms with E-state index in [1.54, 1.807) is 12.1 Å². The van der Waals surface area contributed by atoms with Crippen molar-refractivity contribution < 1.29 is 14.3 Å². The molecule has 0 atom stereocenters. The molecular formula is C18H16BrNO3. The van der Waals surface area contributed by atoms with Gasteiger partial charge in [0.25, 0.3) is 5.91 Å². The smallest absolute Gasteiger partial charge is 0.317 e. The summed E-state index contributed by atoms with van der Waals surface area (Å²) in [7, 11) is 0. The Labute approximate surface area is 143 Å². The molecule has 3 rings (SSSR count). The zero-order chi connectivity index (χ0) is 16.3. The highest BCUT2D eigenvalue weighted by atomic mass is 79.9. The third-order valence-electron chi connectivity index (χ3n) is 3.93. The lowest BCUT2D eigenvalue weighted by Crippen LogP contribution is -2.28. The first-order valence-electron chi connectivity index (χ1n) is 7.38. The van der Waals surface area contributed by atoms with E-state index in [2.05, 4.69) is 21.2 Å². The maximum absolute atomic E-state index is 12.3. The van der Waals surface area contributed by atoms with Crippen LogP contribution < -0.4 is 5.32 Å². The minimum Gasteiger partial charge on any atom is -0.455 e. The molecule has 23 heavy (non-hydrogen) atoms. The largest absolute Gasteiger partial charge is 0.455 e. The topological polar surface area (TPSA) is 55.4 Å². The predicted octanol–water partition coefficient (Wildman–Crippen LogP) is 3.66. The van der Waals surface area contributed by atoms with Crippen LogP contribution in [0.5, 0.6) is 0 Å². The first-order valence-corrected chi connectivity index (χ1v) is 8.18. The van der Waals surface area contributed by atoms with Crippen LogP contribution in [0, 0.1) is 0 Å². The Balaban J connectivity index is 1.55. The first kappa shape index (κ1) is 15.7. The molecule has 1 fully saturated rings. The molecule has 0 bridgehead atoms. The summed E-state index contributed by atoms with van der Waals surface area (Å²) >= 11 is 3.33. The van der Waals surface area contributed by atoms with Crippen molar-refractivity contribution in [2.75, 3.05) is 11.9 Å². The molecule has 2 aromatic rings. The van der Waals surface area contributed by atoms with Crippen molar-refractivity contribution in [3.05, 3.63) is 64.6 Å². The highest BCUT2D eigenvalue weighted by molar-refractivity contribution is 9.10. The second-order valence-electron chi connectivity index (χ2n) is 5.58. The zero-order valence-electron chi connectivity index (χ0n) is 12.4. The number of amides is 1. The number of carbonyl (C=O) groups excluding carboxylic acids is 2. The monoisotopic (exact) mass is 373 g/mol. The predicted molar refractivity (Wildman–Crippen MR) is 91.1 cm³/mol. The summed E-state index contributed by atoms with van der Waals surface area (Å²) in [5.41, 5.74) is 1.07. The SMILES string of the molecule is O=C(COC(=O)C1(c2ccccc2)CC1)Nc1ccc(Br)cc1. The molecule has 1 amide bonds. The lowest BCUT2D eigenvalue weighted by atomic mass is 9.96. The molecule has 1 N–H and O–H groups in total. The molecule has 5 heteroatoms. The Morgan fingerprint density at radius 2 is 1.70 bits per heavy atom. The highest BCUT2D eigenvalue weighted by Crippen LogP contribution is 2.49. The summed E-state index contributed by atoms with van der Waals surface area (Å²) in [5, 5.41) is 2.70. The Morgan fingerprint density at radius 3 is 2.30 bits per heavy atom. The van der Waals surface area contributed by atoms with Crippen LogP contribution in [0.25, 0.3) is 0 Å². The normalized spacial score (nSPS) is 14.8. The van der Waals surface area contributed by atoms with Gasteiger partial charge < -0.3 is 10.1 Å². The summed E-state index contributed by atoms with van der Waals surface area (Å²) in [6.07, 6.45) is 1.54. The van der Waals surface area contributed by atoms with Crippen molar-refractivity contribution in [1.29, 1.82) is 0 Å². The summed E-state index contributed by atoms with van der Waals surface area (Å²) in [6, 6.07) is 16.8. The average molecular weight is 374 g/mol. The van der Waals surface area contributed by atoms with E-state index in [1.807, 2.05) is 42.5 Å². The van der Waals surface area contributed by atoms with Gasteiger partial charge in [-0.2, -0.15) is 0 Å². The molecule has 0 heterocycles. The number of anilines is 1. The minimum absolute atomic E-state index is 0.274. The third kappa shape index (κ3) is 3.62. The maximum Gasteiger partial charge on any atom is 0.317 e. The molecule has 0 aliphatic heterocycles. The fourth-order valence-corrected chi connectivity index (χ4v) is 2.76. The fourth-order valence-electron chi connectivity index (χ4n) is 2.49. The molecule has 1 saturated carbocycles. The molecule has 1 aliphatic carbocycles. The quantitative estimate of drug-likeness (QED) is 0.813. The van der Waals surface area contributed by atoms with Gasteiger partial charge in [-0.3, -0.25) is 9.59 Å². The van der Waals surface area contributed by atoms with E-state index in [0.717, 1.165) is 22.9 Å². The van der Waals surface area contributed by atoms with Gasteiger partial charge in [-0.15, -0.1) is 0 Å². The van der Waals surface area contributed by atoms with Gasteiger partial charge in [0.05, 0.1) is 5.41 Å². The lowest BCUT2D eigenvalue weighted by molar-refractivity contribution is -0.150. The Bertz CT molecular complexity index is 709. The Kier molecular flexibility index (Phi) is 4.48. The van der Waals surface area contributed by atoms with Gasteiger partial charge >= 0.3 is 5.97 Å². The molecule has 0 aromatic heterocycles. The van der Waals surface area contributed by atoms with Crippen LogP contribution in [-0.2, 0) is 19.7 Å². The summed E-state index contributed by atoms with van der Waals surface area (Å²) < 4.78 is 6.15. The standard InChI is InChI=1S/C18H16BrNO3/c19-14-6-8-15(9-7-14)20-16(21)12-23-17(22)18(10-11-18)13-4-2-1-3-5-13/h1-9H,10-12H2,(H,20,21). The molecule has 4 nitrogen and oxygen atoms in total. The maximum atomic E-state index is 12.3. The fraction of sp³-hybridized carbons (Fsp3) is 0.222. The zero-order valence-corrected chi connectivity index (χ0v) is 14.0. The second-order valence-corrected chi connectivity index (χ2v) is 6.50. The highest BCUT2D eigenvalue weighted by Gasteiger charge is 2.52. The lowest BCUT2D eigenvalue weighted by Gasteiger charge is -2.14. The van der Waals surface area contributed by atoms with Gasteiger partial charge in [0, 0.05) is 10.2 Å². The van der Waals surface area contributed by atoms with E-state index in [-0.39, 0.29) is 18.5 Å². The van der Waals surface area contributed by atoms with Crippen LogP contribution in [0.1, 0.15) is 18.4 Å². The van der Waals surface area contributed by atoms with Gasteiger partial charge in [0.15, 0.2) is 6.61 Å². The molecule has 0 spiro atoms. The number of esters is 1. The van der Waals surface area contributed by atoms with Crippen LogP contribution >= 0.6 is 15.9 Å². The Morgan fingerprint density at radius 1 is 1.04 bits per heavy atom. The molecule has 2 aromatic carbocycles. The number of halogens is 1. The van der Waals surface area contributed by atoms with E-state index in [4.69, 9.17) is 4.74 Å². The summed E-state index contributed by atoms with van der Waals surface area (Å²) in [5.74, 6) is -0.667. The van der Waals surface area contributed by atoms with Crippen molar-refractivity contribution in [1.82, 2.24) is 0 Å². The van der Waals surface area contributed by atoms with Crippen molar-refractivity contribution in [3.63, 3.8) is 0 Å². The average Bonchev–Trinajstić information content (AvgIpc) is 3.37. The van der Waals surface area contributed by atoms with Gasteiger partial charge in [-0.25, -0.2) is 0 Å². The summed E-state index contributed by atoms with van der Waals surface area (Å²) in [4.78, 5) is 24.2. The van der Waals surface area contributed by atoms with E-state index in [1.165, 1.54) is 0 Å². The van der Waals surface area contributed by atoms with Crippen LogP contribution in [0.3, 0.4) is 0 Å². The van der Waals surface area contributed by atoms with Crippen LogP contribution in [0.15, 0.2) is 59.1 Å². The number of nitrogens with one attached hydrogen (secondary N) is 1. The summed E-state index contributed by atoms with van der Waals surface area (Å²) in [6.45, 7) is -0.274. The van der Waals surface area contributed by atoms with Crippen molar-refractivity contribution in [2.24, 2.45) is 0 Å².